The molecule has 122 valence electrons. The lowest BCUT2D eigenvalue weighted by atomic mass is 10.2. The van der Waals surface area contributed by atoms with Gasteiger partial charge in [0.15, 0.2) is 0 Å². The molecule has 2 aromatic rings. The average Bonchev–Trinajstić information content (AvgIpc) is 2.54. The number of halogens is 3. The minimum absolute atomic E-state index is 0.0418. The molecule has 5 nitrogen and oxygen atoms in total. The van der Waals surface area contributed by atoms with Gasteiger partial charge in [-0.15, -0.1) is 0 Å². The minimum Gasteiger partial charge on any atom is -0.457 e. The molecule has 1 aromatic carbocycles. The van der Waals surface area contributed by atoms with Gasteiger partial charge in [-0.05, 0) is 30.3 Å². The second-order valence-corrected chi connectivity index (χ2v) is 6.70. The van der Waals surface area contributed by atoms with Gasteiger partial charge >= 0.3 is 11.7 Å². The number of hydrogen-bond donors (Lipinski definition) is 0. The molecule has 9 heteroatoms. The zero-order valence-corrected chi connectivity index (χ0v) is 13.0. The second-order valence-electron chi connectivity index (χ2n) is 4.40. The molecule has 0 aliphatic carbocycles. The molecule has 0 N–H and O–H groups in total. The van der Waals surface area contributed by atoms with E-state index in [1.165, 1.54) is 12.3 Å². The van der Waals surface area contributed by atoms with Crippen molar-refractivity contribution >= 4 is 27.4 Å². The van der Waals surface area contributed by atoms with E-state index in [0.717, 1.165) is 24.3 Å². The molecule has 1 aromatic heterocycles. The normalized spacial score (nSPS) is 11.5. The zero-order valence-electron chi connectivity index (χ0n) is 11.4. The second kappa shape index (κ2) is 7.01. The van der Waals surface area contributed by atoms with E-state index in [1.54, 1.807) is 6.07 Å². The highest BCUT2D eigenvalue weighted by Crippen LogP contribution is 2.19. The highest BCUT2D eigenvalue weighted by Gasteiger charge is 2.26. The molecule has 0 spiro atoms. The number of benzene rings is 1. The predicted molar refractivity (Wildman–Crippen MR) is 78.0 cm³/mol. The first kappa shape index (κ1) is 17.3. The Hall–Kier alpha value is -2.06. The van der Waals surface area contributed by atoms with E-state index in [9.17, 15) is 22.0 Å². The standard InChI is InChI=1S/C14H10ClF2NO4S/c15-12-6-1-9(7-18-12)8-22-13(19)10-2-4-11(5-3-10)23(20,21)14(16)17/h1-7,14H,8H2. The topological polar surface area (TPSA) is 73.3 Å². The summed E-state index contributed by atoms with van der Waals surface area (Å²) in [6.07, 6.45) is 1.44. The van der Waals surface area contributed by atoms with E-state index in [-0.39, 0.29) is 12.2 Å². The van der Waals surface area contributed by atoms with Crippen molar-refractivity contribution in [3.8, 4) is 0 Å². The number of sulfone groups is 1. The van der Waals surface area contributed by atoms with Crippen molar-refractivity contribution in [1.82, 2.24) is 4.98 Å². The molecule has 0 bridgehead atoms. The molecule has 0 radical (unpaired) electrons. The Kier molecular flexibility index (Phi) is 5.27. The maximum Gasteiger partial charge on any atom is 0.341 e. The van der Waals surface area contributed by atoms with Crippen LogP contribution >= 0.6 is 11.6 Å². The number of hydrogen-bond acceptors (Lipinski definition) is 5. The van der Waals surface area contributed by atoms with Gasteiger partial charge < -0.3 is 4.74 Å². The molecule has 0 aliphatic rings. The highest BCUT2D eigenvalue weighted by molar-refractivity contribution is 7.91. The van der Waals surface area contributed by atoms with E-state index in [1.807, 2.05) is 0 Å². The van der Waals surface area contributed by atoms with Crippen molar-refractivity contribution in [1.29, 1.82) is 0 Å². The van der Waals surface area contributed by atoms with Crippen molar-refractivity contribution < 1.29 is 26.7 Å². The summed E-state index contributed by atoms with van der Waals surface area (Å²) in [4.78, 5) is 15.1. The van der Waals surface area contributed by atoms with Gasteiger partial charge in [-0.25, -0.2) is 18.2 Å². The third-order valence-electron chi connectivity index (χ3n) is 2.81. The van der Waals surface area contributed by atoms with Gasteiger partial charge in [0.05, 0.1) is 10.5 Å². The third kappa shape index (κ3) is 4.23. The summed E-state index contributed by atoms with van der Waals surface area (Å²) >= 11 is 5.62. The smallest absolute Gasteiger partial charge is 0.341 e. The number of alkyl halides is 2. The van der Waals surface area contributed by atoms with Crippen LogP contribution in [0.2, 0.25) is 5.15 Å². The first-order valence-corrected chi connectivity index (χ1v) is 8.13. The first-order chi connectivity index (χ1) is 10.8. The van der Waals surface area contributed by atoms with Gasteiger partial charge in [0, 0.05) is 11.8 Å². The van der Waals surface area contributed by atoms with E-state index >= 15 is 0 Å². The zero-order chi connectivity index (χ0) is 17.0. The predicted octanol–water partition coefficient (Wildman–Crippen LogP) is 3.09. The maximum atomic E-state index is 12.4. The Balaban J connectivity index is 2.04. The van der Waals surface area contributed by atoms with E-state index < -0.39 is 26.5 Å². The maximum absolute atomic E-state index is 12.4. The number of carbonyl (C=O) groups excluding carboxylic acids is 1. The van der Waals surface area contributed by atoms with Crippen LogP contribution in [-0.2, 0) is 21.2 Å². The fourth-order valence-corrected chi connectivity index (χ4v) is 2.44. The molecular weight excluding hydrogens is 352 g/mol. The third-order valence-corrected chi connectivity index (χ3v) is 4.43. The van der Waals surface area contributed by atoms with Crippen molar-refractivity contribution in [2.75, 3.05) is 0 Å². The molecule has 0 atom stereocenters. The largest absolute Gasteiger partial charge is 0.457 e. The SMILES string of the molecule is O=C(OCc1ccc(Cl)nc1)c1ccc(S(=O)(=O)C(F)F)cc1. The number of nitrogens with zero attached hydrogens (tertiary/aromatic N) is 1. The molecule has 23 heavy (non-hydrogen) atoms. The summed E-state index contributed by atoms with van der Waals surface area (Å²) in [6, 6.07) is 7.24. The average molecular weight is 362 g/mol. The lowest BCUT2D eigenvalue weighted by Crippen LogP contribution is -2.12. The summed E-state index contributed by atoms with van der Waals surface area (Å²) in [5.74, 6) is -4.24. The quantitative estimate of drug-likeness (QED) is 0.604. The number of ether oxygens (including phenoxy) is 1. The van der Waals surface area contributed by atoms with E-state index in [2.05, 4.69) is 4.98 Å². The van der Waals surface area contributed by atoms with Gasteiger partial charge in [-0.2, -0.15) is 8.78 Å². The molecule has 2 rings (SSSR count). The van der Waals surface area contributed by atoms with Crippen LogP contribution in [0.15, 0.2) is 47.5 Å². The van der Waals surface area contributed by atoms with Crippen LogP contribution < -0.4 is 0 Å². The van der Waals surface area contributed by atoms with Crippen molar-refractivity contribution in [2.45, 2.75) is 17.3 Å². The van der Waals surface area contributed by atoms with Gasteiger partial charge in [0.25, 0.3) is 0 Å². The lowest BCUT2D eigenvalue weighted by Gasteiger charge is -2.06. The Morgan fingerprint density at radius 1 is 1.17 bits per heavy atom. The number of esters is 1. The lowest BCUT2D eigenvalue weighted by molar-refractivity contribution is 0.0472. The van der Waals surface area contributed by atoms with Crippen LogP contribution in [0.4, 0.5) is 8.78 Å². The fourth-order valence-electron chi connectivity index (χ4n) is 1.61. The van der Waals surface area contributed by atoms with E-state index in [4.69, 9.17) is 16.3 Å². The van der Waals surface area contributed by atoms with Gasteiger partial charge in [0.2, 0.25) is 9.84 Å². The molecule has 0 saturated carbocycles. The molecule has 0 fully saturated rings. The molecule has 0 unspecified atom stereocenters. The molecular formula is C14H10ClF2NO4S. The number of carbonyl (C=O) groups is 1. The van der Waals surface area contributed by atoms with Crippen LogP contribution in [0.5, 0.6) is 0 Å². The van der Waals surface area contributed by atoms with Crippen LogP contribution in [-0.4, -0.2) is 25.1 Å². The van der Waals surface area contributed by atoms with Gasteiger partial charge in [-0.3, -0.25) is 0 Å². The van der Waals surface area contributed by atoms with Crippen LogP contribution in [0, 0.1) is 0 Å². The molecule has 0 saturated heterocycles. The Morgan fingerprint density at radius 3 is 2.35 bits per heavy atom. The van der Waals surface area contributed by atoms with Crippen molar-refractivity contribution in [2.24, 2.45) is 0 Å². The van der Waals surface area contributed by atoms with Crippen molar-refractivity contribution in [3.63, 3.8) is 0 Å². The van der Waals surface area contributed by atoms with Gasteiger partial charge in [-0.1, -0.05) is 17.7 Å². The highest BCUT2D eigenvalue weighted by atomic mass is 35.5. The molecule has 0 aliphatic heterocycles. The Bertz CT molecular complexity index is 793. The fraction of sp³-hybridized carbons (Fsp3) is 0.143. The Labute approximate surface area is 135 Å². The van der Waals surface area contributed by atoms with Crippen LogP contribution in [0.25, 0.3) is 0 Å². The summed E-state index contributed by atoms with van der Waals surface area (Å²) in [6.45, 7) is -0.0555. The van der Waals surface area contributed by atoms with Crippen LogP contribution in [0.3, 0.4) is 0 Å². The first-order valence-electron chi connectivity index (χ1n) is 6.20. The number of rotatable bonds is 5. The summed E-state index contributed by atoms with van der Waals surface area (Å²) in [5.41, 5.74) is 0.653. The molecule has 1 heterocycles. The van der Waals surface area contributed by atoms with Crippen molar-refractivity contribution in [3.05, 3.63) is 58.9 Å². The summed E-state index contributed by atoms with van der Waals surface area (Å²) in [5, 5.41) is 0.302. The molecule has 0 amide bonds. The summed E-state index contributed by atoms with van der Waals surface area (Å²) < 4.78 is 52.3. The summed E-state index contributed by atoms with van der Waals surface area (Å²) in [7, 11) is -4.68. The van der Waals surface area contributed by atoms with Crippen LogP contribution in [0.1, 0.15) is 15.9 Å². The Morgan fingerprint density at radius 2 is 1.83 bits per heavy atom. The van der Waals surface area contributed by atoms with Gasteiger partial charge in [0.1, 0.15) is 11.8 Å². The number of pyridine rings is 1. The number of aromatic nitrogens is 1. The van der Waals surface area contributed by atoms with E-state index in [0.29, 0.717) is 10.7 Å². The minimum atomic E-state index is -4.68. The monoisotopic (exact) mass is 361 g/mol.